The minimum Gasteiger partial charge on any atom is -0.461 e. The van der Waals surface area contributed by atoms with E-state index in [4.69, 9.17) is 4.74 Å². The maximum absolute atomic E-state index is 12.8. The average Bonchev–Trinajstić information content (AvgIpc) is 2.65. The number of para-hydroxylation sites is 1. The number of aromatic nitrogens is 1. The lowest BCUT2D eigenvalue weighted by molar-refractivity contribution is -0.144. The molecule has 0 spiro atoms. The van der Waals surface area contributed by atoms with Gasteiger partial charge in [-0.2, -0.15) is 0 Å². The van der Waals surface area contributed by atoms with Crippen LogP contribution in [0, 0.1) is 5.82 Å². The molecule has 1 aromatic heterocycles. The Morgan fingerprint density at radius 3 is 2.52 bits per heavy atom. The molecule has 2 aromatic carbocycles. The van der Waals surface area contributed by atoms with Gasteiger partial charge in [-0.25, -0.2) is 4.39 Å². The molecule has 25 heavy (non-hydrogen) atoms. The number of benzene rings is 2. The van der Waals surface area contributed by atoms with Crippen LogP contribution in [-0.2, 0) is 16.1 Å². The molecule has 0 amide bonds. The van der Waals surface area contributed by atoms with E-state index in [1.165, 1.54) is 24.3 Å². The van der Waals surface area contributed by atoms with Gasteiger partial charge < -0.3 is 4.74 Å². The number of rotatable bonds is 6. The fraction of sp³-hybridized carbons (Fsp3) is 0.150. The van der Waals surface area contributed by atoms with Crippen LogP contribution >= 0.6 is 0 Å². The van der Waals surface area contributed by atoms with Gasteiger partial charge in [0.25, 0.3) is 0 Å². The van der Waals surface area contributed by atoms with E-state index in [-0.39, 0.29) is 25.2 Å². The van der Waals surface area contributed by atoms with Crippen molar-refractivity contribution in [3.05, 3.63) is 77.7 Å². The first kappa shape index (κ1) is 16.8. The number of fused-ring (bicyclic) bond motifs is 1. The number of ketones is 1. The Balaban J connectivity index is 1.54. The van der Waals surface area contributed by atoms with Gasteiger partial charge in [0.2, 0.25) is 0 Å². The number of pyridine rings is 1. The SMILES string of the molecule is O=C(CCC(=O)c1ccc(F)cc1)OCc1cccc2cccnc12. The third-order valence-electron chi connectivity index (χ3n) is 3.83. The van der Waals surface area contributed by atoms with Crippen molar-refractivity contribution in [2.75, 3.05) is 0 Å². The fourth-order valence-electron chi connectivity index (χ4n) is 2.51. The minimum atomic E-state index is -0.455. The number of hydrogen-bond acceptors (Lipinski definition) is 4. The molecule has 0 saturated heterocycles. The Labute approximate surface area is 144 Å². The van der Waals surface area contributed by atoms with E-state index in [0.29, 0.717) is 5.56 Å². The predicted molar refractivity (Wildman–Crippen MR) is 91.5 cm³/mol. The molecule has 0 bridgehead atoms. The molecule has 3 rings (SSSR count). The lowest BCUT2D eigenvalue weighted by Crippen LogP contribution is -2.08. The average molecular weight is 337 g/mol. The third-order valence-corrected chi connectivity index (χ3v) is 3.83. The standard InChI is InChI=1S/C20H16FNO3/c21-17-8-6-14(7-9-17)18(23)10-11-19(24)25-13-16-4-1-3-15-5-2-12-22-20(15)16/h1-9,12H,10-11,13H2. The second-order valence-electron chi connectivity index (χ2n) is 5.58. The maximum Gasteiger partial charge on any atom is 0.306 e. The molecule has 0 aliphatic carbocycles. The Morgan fingerprint density at radius 2 is 1.72 bits per heavy atom. The lowest BCUT2D eigenvalue weighted by atomic mass is 10.1. The van der Waals surface area contributed by atoms with E-state index in [2.05, 4.69) is 4.98 Å². The molecular weight excluding hydrogens is 321 g/mol. The molecular formula is C20H16FNO3. The van der Waals surface area contributed by atoms with Crippen molar-refractivity contribution in [2.24, 2.45) is 0 Å². The highest BCUT2D eigenvalue weighted by molar-refractivity contribution is 5.97. The second kappa shape index (κ2) is 7.66. The van der Waals surface area contributed by atoms with E-state index >= 15 is 0 Å². The predicted octanol–water partition coefficient (Wildman–Crippen LogP) is 4.08. The first-order valence-corrected chi connectivity index (χ1v) is 7.90. The molecule has 5 heteroatoms. The van der Waals surface area contributed by atoms with Crippen LogP contribution < -0.4 is 0 Å². The highest BCUT2D eigenvalue weighted by Crippen LogP contribution is 2.17. The minimum absolute atomic E-state index is 0.0194. The van der Waals surface area contributed by atoms with E-state index in [0.717, 1.165) is 16.5 Å². The summed E-state index contributed by atoms with van der Waals surface area (Å²) in [4.78, 5) is 28.2. The monoisotopic (exact) mass is 337 g/mol. The molecule has 126 valence electrons. The molecule has 0 N–H and O–H groups in total. The number of esters is 1. The van der Waals surface area contributed by atoms with E-state index in [9.17, 15) is 14.0 Å². The zero-order valence-electron chi connectivity index (χ0n) is 13.4. The van der Waals surface area contributed by atoms with Gasteiger partial charge in [0, 0.05) is 29.1 Å². The maximum atomic E-state index is 12.8. The summed E-state index contributed by atoms with van der Waals surface area (Å²) in [6, 6.07) is 14.7. The van der Waals surface area contributed by atoms with Crippen molar-refractivity contribution in [3.63, 3.8) is 0 Å². The van der Waals surface area contributed by atoms with Crippen LogP contribution in [-0.4, -0.2) is 16.7 Å². The number of hydrogen-bond donors (Lipinski definition) is 0. The largest absolute Gasteiger partial charge is 0.461 e. The highest BCUT2D eigenvalue weighted by atomic mass is 19.1. The molecule has 3 aromatic rings. The Bertz CT molecular complexity index is 901. The summed E-state index contributed by atoms with van der Waals surface area (Å²) >= 11 is 0. The van der Waals surface area contributed by atoms with Gasteiger partial charge in [0.05, 0.1) is 11.9 Å². The van der Waals surface area contributed by atoms with Crippen molar-refractivity contribution in [2.45, 2.75) is 19.4 Å². The highest BCUT2D eigenvalue weighted by Gasteiger charge is 2.11. The van der Waals surface area contributed by atoms with Crippen LogP contribution in [0.15, 0.2) is 60.8 Å². The molecule has 0 radical (unpaired) electrons. The summed E-state index contributed by atoms with van der Waals surface area (Å²) < 4.78 is 18.1. The fourth-order valence-corrected chi connectivity index (χ4v) is 2.51. The number of nitrogens with zero attached hydrogens (tertiary/aromatic N) is 1. The first-order chi connectivity index (χ1) is 12.1. The molecule has 1 heterocycles. The van der Waals surface area contributed by atoms with Crippen LogP contribution in [0.3, 0.4) is 0 Å². The van der Waals surface area contributed by atoms with Gasteiger partial charge in [0.1, 0.15) is 12.4 Å². The zero-order valence-corrected chi connectivity index (χ0v) is 13.4. The summed E-state index contributed by atoms with van der Waals surface area (Å²) in [5.74, 6) is -1.08. The van der Waals surface area contributed by atoms with Crippen molar-refractivity contribution in [1.82, 2.24) is 4.98 Å². The van der Waals surface area contributed by atoms with Gasteiger partial charge in [0.15, 0.2) is 5.78 Å². The molecule has 0 aliphatic heterocycles. The van der Waals surface area contributed by atoms with Gasteiger partial charge in [-0.1, -0.05) is 24.3 Å². The van der Waals surface area contributed by atoms with Crippen LogP contribution in [0.25, 0.3) is 10.9 Å². The van der Waals surface area contributed by atoms with E-state index in [1.807, 2.05) is 30.3 Å². The Kier molecular flexibility index (Phi) is 5.14. The van der Waals surface area contributed by atoms with Gasteiger partial charge >= 0.3 is 5.97 Å². The van der Waals surface area contributed by atoms with Crippen LogP contribution in [0.4, 0.5) is 4.39 Å². The summed E-state index contributed by atoms with van der Waals surface area (Å²) in [5, 5.41) is 0.975. The topological polar surface area (TPSA) is 56.3 Å². The van der Waals surface area contributed by atoms with Crippen molar-refractivity contribution < 1.29 is 18.7 Å². The Hall–Kier alpha value is -3.08. The van der Waals surface area contributed by atoms with Crippen LogP contribution in [0.5, 0.6) is 0 Å². The lowest BCUT2D eigenvalue weighted by Gasteiger charge is -2.07. The quantitative estimate of drug-likeness (QED) is 0.502. The molecule has 0 unspecified atom stereocenters. The molecule has 0 saturated carbocycles. The number of carbonyl (C=O) groups is 2. The zero-order chi connectivity index (χ0) is 17.6. The van der Waals surface area contributed by atoms with Gasteiger partial charge in [-0.05, 0) is 30.3 Å². The third kappa shape index (κ3) is 4.26. The van der Waals surface area contributed by atoms with Crippen LogP contribution in [0.2, 0.25) is 0 Å². The molecule has 0 fully saturated rings. The smallest absolute Gasteiger partial charge is 0.306 e. The van der Waals surface area contributed by atoms with E-state index in [1.54, 1.807) is 6.20 Å². The van der Waals surface area contributed by atoms with E-state index < -0.39 is 11.8 Å². The van der Waals surface area contributed by atoms with Crippen molar-refractivity contribution in [1.29, 1.82) is 0 Å². The van der Waals surface area contributed by atoms with Crippen molar-refractivity contribution in [3.8, 4) is 0 Å². The molecule has 0 aliphatic rings. The van der Waals surface area contributed by atoms with Gasteiger partial charge in [-0.15, -0.1) is 0 Å². The number of carbonyl (C=O) groups excluding carboxylic acids is 2. The van der Waals surface area contributed by atoms with Crippen LogP contribution in [0.1, 0.15) is 28.8 Å². The summed E-state index contributed by atoms with van der Waals surface area (Å²) in [5.41, 5.74) is 1.99. The number of halogens is 1. The van der Waals surface area contributed by atoms with Gasteiger partial charge in [-0.3, -0.25) is 14.6 Å². The number of ether oxygens (including phenoxy) is 1. The normalized spacial score (nSPS) is 10.6. The molecule has 0 atom stereocenters. The number of Topliss-reactive ketones (excluding diaryl/α,β-unsaturated/α-hetero) is 1. The Morgan fingerprint density at radius 1 is 0.960 bits per heavy atom. The first-order valence-electron chi connectivity index (χ1n) is 7.90. The summed E-state index contributed by atoms with van der Waals surface area (Å²) in [6.07, 6.45) is 1.70. The van der Waals surface area contributed by atoms with Crippen molar-refractivity contribution >= 4 is 22.7 Å². The summed E-state index contributed by atoms with van der Waals surface area (Å²) in [7, 11) is 0. The second-order valence-corrected chi connectivity index (χ2v) is 5.58. The molecule has 4 nitrogen and oxygen atoms in total. The summed E-state index contributed by atoms with van der Waals surface area (Å²) in [6.45, 7) is 0.109.